The third-order valence-corrected chi connectivity index (χ3v) is 4.56. The van der Waals surface area contributed by atoms with E-state index in [1.54, 1.807) is 42.5 Å². The third-order valence-electron chi connectivity index (χ3n) is 3.30. The second kappa shape index (κ2) is 7.02. The predicted octanol–water partition coefficient (Wildman–Crippen LogP) is 3.33. The predicted molar refractivity (Wildman–Crippen MR) is 93.2 cm³/mol. The largest absolute Gasteiger partial charge is 0.311 e. The summed E-state index contributed by atoms with van der Waals surface area (Å²) < 4.78 is 0. The van der Waals surface area contributed by atoms with Gasteiger partial charge in [-0.25, -0.2) is 9.88 Å². The highest BCUT2D eigenvalue weighted by atomic mass is 35.5. The van der Waals surface area contributed by atoms with Crippen molar-refractivity contribution in [1.29, 1.82) is 0 Å². The molecule has 1 aliphatic heterocycles. The molecule has 0 aliphatic carbocycles. The number of amides is 3. The second-order valence-electron chi connectivity index (χ2n) is 5.00. The number of rotatable bonds is 4. The monoisotopic (exact) mass is 361 g/mol. The number of anilines is 2. The fourth-order valence-corrected chi connectivity index (χ4v) is 3.31. The molecule has 0 spiro atoms. The summed E-state index contributed by atoms with van der Waals surface area (Å²) in [6.07, 6.45) is 1.30. The molecule has 1 atom stereocenters. The first-order valence-corrected chi connectivity index (χ1v) is 8.31. The quantitative estimate of drug-likeness (QED) is 0.903. The number of hydrogen-bond donors (Lipinski definition) is 1. The van der Waals surface area contributed by atoms with E-state index in [1.807, 2.05) is 0 Å². The summed E-state index contributed by atoms with van der Waals surface area (Å²) >= 11 is 6.58. The first kappa shape index (κ1) is 16.5. The highest BCUT2D eigenvalue weighted by Gasteiger charge is 2.41. The van der Waals surface area contributed by atoms with E-state index >= 15 is 0 Å². The van der Waals surface area contributed by atoms with Crippen LogP contribution in [-0.4, -0.2) is 27.3 Å². The molecule has 1 saturated heterocycles. The van der Waals surface area contributed by atoms with Crippen LogP contribution in [0, 0.1) is 0 Å². The molecule has 1 unspecified atom stereocenters. The zero-order valence-electron chi connectivity index (χ0n) is 12.3. The molecule has 1 aromatic heterocycles. The van der Waals surface area contributed by atoms with E-state index in [0.717, 1.165) is 16.7 Å². The molecule has 1 N–H and O–H groups in total. The zero-order valence-corrected chi connectivity index (χ0v) is 13.9. The van der Waals surface area contributed by atoms with E-state index in [0.29, 0.717) is 16.5 Å². The smallest absolute Gasteiger partial charge is 0.293 e. The highest BCUT2D eigenvalue weighted by molar-refractivity contribution is 8.15. The number of pyridine rings is 1. The maximum Gasteiger partial charge on any atom is 0.293 e. The van der Waals surface area contributed by atoms with E-state index in [9.17, 15) is 14.4 Å². The molecular formula is C16H12ClN3O3S. The van der Waals surface area contributed by atoms with Crippen molar-refractivity contribution in [3.05, 3.63) is 53.7 Å². The van der Waals surface area contributed by atoms with E-state index in [4.69, 9.17) is 11.6 Å². The Hall–Kier alpha value is -2.38. The minimum atomic E-state index is -0.745. The van der Waals surface area contributed by atoms with Crippen LogP contribution in [0.1, 0.15) is 6.42 Å². The minimum Gasteiger partial charge on any atom is -0.311 e. The number of carbonyl (C=O) groups excluding carboxylic acids is 3. The number of halogens is 1. The topological polar surface area (TPSA) is 79.4 Å². The Balaban J connectivity index is 1.65. The normalized spacial score (nSPS) is 17.2. The summed E-state index contributed by atoms with van der Waals surface area (Å²) in [7, 11) is 0. The van der Waals surface area contributed by atoms with Gasteiger partial charge in [-0.1, -0.05) is 29.8 Å². The first-order valence-electron chi connectivity index (χ1n) is 7.05. The molecule has 6 nitrogen and oxygen atoms in total. The number of hydrogen-bond acceptors (Lipinski definition) is 5. The zero-order chi connectivity index (χ0) is 17.1. The third kappa shape index (κ3) is 3.58. The van der Waals surface area contributed by atoms with Gasteiger partial charge in [-0.15, -0.1) is 0 Å². The average Bonchev–Trinajstić information content (AvgIpc) is 2.84. The standard InChI is InChI=1S/C16H12ClN3O3S/c17-10-6-7-13(18-9-10)19-14(21)8-12-15(22)20(16(23)24-12)11-4-2-1-3-5-11/h1-7,9,12H,8H2,(H,18,19,21). The Kier molecular flexibility index (Phi) is 4.82. The molecule has 0 bridgehead atoms. The van der Waals surface area contributed by atoms with Gasteiger partial charge in [0, 0.05) is 12.6 Å². The van der Waals surface area contributed by atoms with E-state index in [-0.39, 0.29) is 11.7 Å². The number of nitrogens with one attached hydrogen (secondary N) is 1. The second-order valence-corrected chi connectivity index (χ2v) is 6.59. The fourth-order valence-electron chi connectivity index (χ4n) is 2.21. The highest BCUT2D eigenvalue weighted by Crippen LogP contribution is 2.33. The number of para-hydroxylation sites is 1. The van der Waals surface area contributed by atoms with Gasteiger partial charge in [0.15, 0.2) is 0 Å². The van der Waals surface area contributed by atoms with Crippen LogP contribution in [0.2, 0.25) is 5.02 Å². The van der Waals surface area contributed by atoms with Gasteiger partial charge in [0.2, 0.25) is 11.8 Å². The van der Waals surface area contributed by atoms with Gasteiger partial charge in [0.1, 0.15) is 11.1 Å². The maximum atomic E-state index is 12.4. The van der Waals surface area contributed by atoms with Crippen molar-refractivity contribution in [2.24, 2.45) is 0 Å². The molecule has 8 heteroatoms. The van der Waals surface area contributed by atoms with Gasteiger partial charge in [0.05, 0.1) is 10.7 Å². The van der Waals surface area contributed by atoms with Crippen LogP contribution in [0.4, 0.5) is 16.3 Å². The average molecular weight is 362 g/mol. The van der Waals surface area contributed by atoms with Crippen molar-refractivity contribution in [3.63, 3.8) is 0 Å². The van der Waals surface area contributed by atoms with Crippen LogP contribution < -0.4 is 10.2 Å². The molecule has 24 heavy (non-hydrogen) atoms. The molecule has 0 radical (unpaired) electrons. The van der Waals surface area contributed by atoms with Crippen LogP contribution in [-0.2, 0) is 9.59 Å². The van der Waals surface area contributed by atoms with Crippen LogP contribution in [0.25, 0.3) is 0 Å². The van der Waals surface area contributed by atoms with Gasteiger partial charge >= 0.3 is 0 Å². The molecule has 3 rings (SSSR count). The molecule has 1 aliphatic rings. The fraction of sp³-hybridized carbons (Fsp3) is 0.125. The Labute approximate surface area is 147 Å². The summed E-state index contributed by atoms with van der Waals surface area (Å²) in [5.41, 5.74) is 0.502. The molecule has 122 valence electrons. The van der Waals surface area contributed by atoms with Crippen LogP contribution in [0.15, 0.2) is 48.7 Å². The SMILES string of the molecule is O=C(CC1SC(=O)N(c2ccccc2)C1=O)Nc1ccc(Cl)cn1. The number of nitrogens with zero attached hydrogens (tertiary/aromatic N) is 2. The van der Waals surface area contributed by atoms with Gasteiger partial charge in [-0.2, -0.15) is 0 Å². The van der Waals surface area contributed by atoms with Crippen molar-refractivity contribution in [2.45, 2.75) is 11.7 Å². The van der Waals surface area contributed by atoms with Gasteiger partial charge in [-0.3, -0.25) is 14.4 Å². The van der Waals surface area contributed by atoms with Gasteiger partial charge in [-0.05, 0) is 36.0 Å². The number of benzene rings is 1. The number of imide groups is 1. The molecule has 2 heterocycles. The number of thioether (sulfide) groups is 1. The summed E-state index contributed by atoms with van der Waals surface area (Å²) in [5, 5.41) is 1.91. The van der Waals surface area contributed by atoms with Gasteiger partial charge < -0.3 is 5.32 Å². The molecule has 0 saturated carbocycles. The summed E-state index contributed by atoms with van der Waals surface area (Å²) in [6, 6.07) is 11.8. The van der Waals surface area contributed by atoms with Crippen molar-refractivity contribution in [2.75, 3.05) is 10.2 Å². The Morgan fingerprint density at radius 2 is 1.96 bits per heavy atom. The van der Waals surface area contributed by atoms with Crippen molar-refractivity contribution < 1.29 is 14.4 Å². The van der Waals surface area contributed by atoms with E-state index in [1.165, 1.54) is 6.20 Å². The lowest BCUT2D eigenvalue weighted by molar-refractivity contribution is -0.121. The van der Waals surface area contributed by atoms with Gasteiger partial charge in [0.25, 0.3) is 5.24 Å². The van der Waals surface area contributed by atoms with Crippen LogP contribution in [0.5, 0.6) is 0 Å². The van der Waals surface area contributed by atoms with Crippen LogP contribution >= 0.6 is 23.4 Å². The summed E-state index contributed by atoms with van der Waals surface area (Å²) in [5.74, 6) is -0.445. The number of aromatic nitrogens is 1. The molecular weight excluding hydrogens is 350 g/mol. The maximum absolute atomic E-state index is 12.4. The lowest BCUT2D eigenvalue weighted by Gasteiger charge is -2.13. The van der Waals surface area contributed by atoms with Crippen molar-refractivity contribution in [3.8, 4) is 0 Å². The van der Waals surface area contributed by atoms with E-state index < -0.39 is 17.1 Å². The Morgan fingerprint density at radius 3 is 2.62 bits per heavy atom. The van der Waals surface area contributed by atoms with E-state index in [2.05, 4.69) is 10.3 Å². The Morgan fingerprint density at radius 1 is 1.21 bits per heavy atom. The lowest BCUT2D eigenvalue weighted by Crippen LogP contribution is -2.32. The number of carbonyl (C=O) groups is 3. The summed E-state index contributed by atoms with van der Waals surface area (Å²) in [4.78, 5) is 41.6. The molecule has 1 fully saturated rings. The Bertz CT molecular complexity index is 783. The molecule has 1 aromatic carbocycles. The first-order chi connectivity index (χ1) is 11.5. The van der Waals surface area contributed by atoms with Crippen molar-refractivity contribution >= 4 is 51.9 Å². The molecule has 2 aromatic rings. The lowest BCUT2D eigenvalue weighted by atomic mass is 10.2. The molecule has 3 amide bonds. The van der Waals surface area contributed by atoms with Crippen LogP contribution in [0.3, 0.4) is 0 Å². The minimum absolute atomic E-state index is 0.108. The van der Waals surface area contributed by atoms with Crippen molar-refractivity contribution in [1.82, 2.24) is 4.98 Å². The summed E-state index contributed by atoms with van der Waals surface area (Å²) in [6.45, 7) is 0.